The molecule has 1 aromatic carbocycles. The maximum absolute atomic E-state index is 11.9. The standard InChI is InChI=1S/C13H19NO3S/c15-13-8-4-7-12(13)9-14-18(16,17)10-11-5-2-1-3-6-11/h1-3,5-6,12-15H,4,7-10H2. The summed E-state index contributed by atoms with van der Waals surface area (Å²) in [5, 5.41) is 9.64. The summed E-state index contributed by atoms with van der Waals surface area (Å²) in [6.07, 6.45) is 2.30. The first kappa shape index (κ1) is 13.5. The summed E-state index contributed by atoms with van der Waals surface area (Å²) in [7, 11) is -3.31. The number of nitrogens with one attached hydrogen (secondary N) is 1. The second-order valence-corrected chi connectivity index (χ2v) is 6.66. The van der Waals surface area contributed by atoms with E-state index in [-0.39, 0.29) is 17.8 Å². The lowest BCUT2D eigenvalue weighted by atomic mass is 10.1. The zero-order valence-electron chi connectivity index (χ0n) is 10.2. The second kappa shape index (κ2) is 5.82. The van der Waals surface area contributed by atoms with Gasteiger partial charge in [0.2, 0.25) is 10.0 Å². The molecule has 0 bridgehead atoms. The molecule has 0 spiro atoms. The second-order valence-electron chi connectivity index (χ2n) is 4.85. The van der Waals surface area contributed by atoms with Gasteiger partial charge in [-0.25, -0.2) is 13.1 Å². The molecule has 5 heteroatoms. The monoisotopic (exact) mass is 269 g/mol. The van der Waals surface area contributed by atoms with Crippen LogP contribution in [0.15, 0.2) is 30.3 Å². The van der Waals surface area contributed by atoms with E-state index in [1.165, 1.54) is 0 Å². The normalized spacial score (nSPS) is 24.3. The van der Waals surface area contributed by atoms with E-state index >= 15 is 0 Å². The maximum Gasteiger partial charge on any atom is 0.215 e. The van der Waals surface area contributed by atoms with Gasteiger partial charge in [0, 0.05) is 6.54 Å². The Morgan fingerprint density at radius 1 is 1.22 bits per heavy atom. The van der Waals surface area contributed by atoms with Crippen molar-refractivity contribution in [3.8, 4) is 0 Å². The Hall–Kier alpha value is -0.910. The van der Waals surface area contributed by atoms with Gasteiger partial charge in [-0.2, -0.15) is 0 Å². The Morgan fingerprint density at radius 2 is 1.94 bits per heavy atom. The molecule has 2 N–H and O–H groups in total. The zero-order chi connectivity index (χ0) is 13.0. The molecule has 100 valence electrons. The molecule has 0 heterocycles. The van der Waals surface area contributed by atoms with E-state index in [9.17, 15) is 13.5 Å². The molecule has 2 unspecified atom stereocenters. The van der Waals surface area contributed by atoms with Gasteiger partial charge in [0.1, 0.15) is 0 Å². The summed E-state index contributed by atoms with van der Waals surface area (Å²) in [6, 6.07) is 9.10. The Labute approximate surface area is 108 Å². The first-order valence-corrected chi connectivity index (χ1v) is 7.91. The molecule has 1 aromatic rings. The van der Waals surface area contributed by atoms with E-state index in [1.807, 2.05) is 18.2 Å². The molecule has 4 nitrogen and oxygen atoms in total. The highest BCUT2D eigenvalue weighted by molar-refractivity contribution is 7.88. The number of hydrogen-bond donors (Lipinski definition) is 2. The predicted molar refractivity (Wildman–Crippen MR) is 70.4 cm³/mol. The average Bonchev–Trinajstić information content (AvgIpc) is 2.73. The third-order valence-electron chi connectivity index (χ3n) is 3.38. The van der Waals surface area contributed by atoms with Crippen molar-refractivity contribution in [3.05, 3.63) is 35.9 Å². The molecule has 2 atom stereocenters. The van der Waals surface area contributed by atoms with Crippen molar-refractivity contribution in [2.24, 2.45) is 5.92 Å². The fourth-order valence-electron chi connectivity index (χ4n) is 2.33. The Morgan fingerprint density at radius 3 is 2.56 bits per heavy atom. The van der Waals surface area contributed by atoms with Crippen LogP contribution in [0.25, 0.3) is 0 Å². The van der Waals surface area contributed by atoms with Crippen LogP contribution in [0.2, 0.25) is 0 Å². The summed E-state index contributed by atoms with van der Waals surface area (Å²) in [4.78, 5) is 0. The lowest BCUT2D eigenvalue weighted by molar-refractivity contribution is 0.134. The maximum atomic E-state index is 11.9. The highest BCUT2D eigenvalue weighted by atomic mass is 32.2. The molecule has 1 saturated carbocycles. The molecule has 1 fully saturated rings. The molecular weight excluding hydrogens is 250 g/mol. The van der Waals surface area contributed by atoms with Crippen LogP contribution in [-0.4, -0.2) is 26.2 Å². The van der Waals surface area contributed by atoms with E-state index < -0.39 is 10.0 Å². The third-order valence-corrected chi connectivity index (χ3v) is 4.70. The van der Waals surface area contributed by atoms with E-state index in [0.29, 0.717) is 6.54 Å². The number of hydrogen-bond acceptors (Lipinski definition) is 3. The fourth-order valence-corrected chi connectivity index (χ4v) is 3.54. The van der Waals surface area contributed by atoms with Gasteiger partial charge in [0.15, 0.2) is 0 Å². The lowest BCUT2D eigenvalue weighted by Gasteiger charge is -2.15. The number of benzene rings is 1. The fraction of sp³-hybridized carbons (Fsp3) is 0.538. The Bertz CT molecular complexity index is 472. The number of aliphatic hydroxyl groups is 1. The highest BCUT2D eigenvalue weighted by Crippen LogP contribution is 2.24. The molecule has 0 aliphatic heterocycles. The van der Waals surface area contributed by atoms with Crippen molar-refractivity contribution in [1.82, 2.24) is 4.72 Å². The molecule has 18 heavy (non-hydrogen) atoms. The SMILES string of the molecule is O=S(=O)(Cc1ccccc1)NCC1CCCC1O. The first-order chi connectivity index (χ1) is 8.57. The van der Waals surface area contributed by atoms with Gasteiger partial charge < -0.3 is 5.11 Å². The molecule has 1 aliphatic carbocycles. The summed E-state index contributed by atoms with van der Waals surface area (Å²) < 4.78 is 26.3. The van der Waals surface area contributed by atoms with Crippen LogP contribution in [0, 0.1) is 5.92 Å². The van der Waals surface area contributed by atoms with E-state index in [2.05, 4.69) is 4.72 Å². The number of rotatable bonds is 5. The van der Waals surface area contributed by atoms with Gasteiger partial charge in [0.25, 0.3) is 0 Å². The smallest absolute Gasteiger partial charge is 0.215 e. The third kappa shape index (κ3) is 3.80. The van der Waals surface area contributed by atoms with Crippen LogP contribution in [0.5, 0.6) is 0 Å². The van der Waals surface area contributed by atoms with Crippen molar-refractivity contribution in [2.75, 3.05) is 6.54 Å². The van der Waals surface area contributed by atoms with Crippen LogP contribution in [0.3, 0.4) is 0 Å². The van der Waals surface area contributed by atoms with Crippen LogP contribution in [0.4, 0.5) is 0 Å². The van der Waals surface area contributed by atoms with Crippen LogP contribution >= 0.6 is 0 Å². The minimum absolute atomic E-state index is 0.00332. The quantitative estimate of drug-likeness (QED) is 0.846. The van der Waals surface area contributed by atoms with Gasteiger partial charge in [0.05, 0.1) is 11.9 Å². The summed E-state index contributed by atoms with van der Waals surface area (Å²) in [6.45, 7) is 0.344. The summed E-state index contributed by atoms with van der Waals surface area (Å²) in [5.74, 6) is 0.0620. The van der Waals surface area contributed by atoms with Gasteiger partial charge in [-0.1, -0.05) is 36.8 Å². The zero-order valence-corrected chi connectivity index (χ0v) is 11.1. The van der Waals surface area contributed by atoms with Gasteiger partial charge >= 0.3 is 0 Å². The predicted octanol–water partition coefficient (Wildman–Crippen LogP) is 1.27. The van der Waals surface area contributed by atoms with Crippen molar-refractivity contribution in [1.29, 1.82) is 0 Å². The molecule has 0 radical (unpaired) electrons. The molecule has 1 aliphatic rings. The highest BCUT2D eigenvalue weighted by Gasteiger charge is 2.26. The van der Waals surface area contributed by atoms with Gasteiger partial charge in [-0.15, -0.1) is 0 Å². The van der Waals surface area contributed by atoms with Crippen molar-refractivity contribution in [3.63, 3.8) is 0 Å². The van der Waals surface area contributed by atoms with Crippen molar-refractivity contribution in [2.45, 2.75) is 31.1 Å². The van der Waals surface area contributed by atoms with Gasteiger partial charge in [-0.3, -0.25) is 0 Å². The number of sulfonamides is 1. The summed E-state index contributed by atoms with van der Waals surface area (Å²) in [5.41, 5.74) is 0.775. The van der Waals surface area contributed by atoms with E-state index in [0.717, 1.165) is 24.8 Å². The van der Waals surface area contributed by atoms with Crippen LogP contribution in [0.1, 0.15) is 24.8 Å². The van der Waals surface area contributed by atoms with E-state index in [1.54, 1.807) is 12.1 Å². The van der Waals surface area contributed by atoms with Crippen molar-refractivity contribution >= 4 is 10.0 Å². The average molecular weight is 269 g/mol. The summed E-state index contributed by atoms with van der Waals surface area (Å²) >= 11 is 0. The van der Waals surface area contributed by atoms with Crippen LogP contribution < -0.4 is 4.72 Å². The lowest BCUT2D eigenvalue weighted by Crippen LogP contribution is -2.33. The minimum atomic E-state index is -3.31. The van der Waals surface area contributed by atoms with Gasteiger partial charge in [-0.05, 0) is 24.3 Å². The molecular formula is C13H19NO3S. The first-order valence-electron chi connectivity index (χ1n) is 6.26. The Balaban J connectivity index is 1.88. The topological polar surface area (TPSA) is 66.4 Å². The minimum Gasteiger partial charge on any atom is -0.393 e. The van der Waals surface area contributed by atoms with Crippen LogP contribution in [-0.2, 0) is 15.8 Å². The number of aliphatic hydroxyl groups excluding tert-OH is 1. The molecule has 2 rings (SSSR count). The largest absolute Gasteiger partial charge is 0.393 e. The molecule has 0 saturated heterocycles. The van der Waals surface area contributed by atoms with Crippen molar-refractivity contribution < 1.29 is 13.5 Å². The Kier molecular flexibility index (Phi) is 4.37. The molecule has 0 aromatic heterocycles. The molecule has 0 amide bonds. The van der Waals surface area contributed by atoms with E-state index in [4.69, 9.17) is 0 Å².